The number of thioether (sulfide) groups is 1. The fourth-order valence-electron chi connectivity index (χ4n) is 4.85. The minimum atomic E-state index is -0.653. The lowest BCUT2D eigenvalue weighted by Crippen LogP contribution is -2.30. The Kier molecular flexibility index (Phi) is 11.7. The first-order valence-corrected chi connectivity index (χ1v) is 16.3. The van der Waals surface area contributed by atoms with Crippen molar-refractivity contribution >= 4 is 58.5 Å². The van der Waals surface area contributed by atoms with E-state index in [4.69, 9.17) is 4.74 Å². The van der Waals surface area contributed by atoms with Crippen molar-refractivity contribution in [2.75, 3.05) is 23.1 Å². The van der Waals surface area contributed by atoms with Crippen LogP contribution in [0.2, 0.25) is 0 Å². The van der Waals surface area contributed by atoms with Crippen molar-refractivity contribution in [2.24, 2.45) is 0 Å². The first kappa shape index (κ1) is 35.0. The Morgan fingerprint density at radius 3 is 2.04 bits per heavy atom. The van der Waals surface area contributed by atoms with E-state index in [0.29, 0.717) is 38.8 Å². The number of amides is 4. The zero-order valence-electron chi connectivity index (χ0n) is 27.2. The summed E-state index contributed by atoms with van der Waals surface area (Å²) in [5.74, 6) is -1.27. The molecule has 50 heavy (non-hydrogen) atoms. The number of rotatable bonds is 12. The maximum Gasteiger partial charge on any atom is 0.272 e. The highest BCUT2D eigenvalue weighted by Crippen LogP contribution is 2.37. The number of benzene rings is 5. The summed E-state index contributed by atoms with van der Waals surface area (Å²) in [7, 11) is 1.43. The normalized spacial score (nSPS) is 11.5. The molecule has 5 aromatic carbocycles. The molecule has 4 amide bonds. The number of carbonyl (C=O) groups excluding carboxylic acids is 4. The van der Waals surface area contributed by atoms with Crippen LogP contribution in [0.15, 0.2) is 138 Å². The predicted molar refractivity (Wildman–Crippen MR) is 196 cm³/mol. The lowest BCUT2D eigenvalue weighted by atomic mass is 10.1. The third-order valence-corrected chi connectivity index (χ3v) is 8.45. The van der Waals surface area contributed by atoms with Crippen LogP contribution in [0.4, 0.5) is 17.1 Å². The summed E-state index contributed by atoms with van der Waals surface area (Å²) in [5.41, 5.74) is 3.13. The quantitative estimate of drug-likeness (QED) is 0.0687. The second-order valence-electron chi connectivity index (χ2n) is 10.9. The van der Waals surface area contributed by atoms with E-state index < -0.39 is 17.1 Å². The van der Waals surface area contributed by atoms with Gasteiger partial charge in [0, 0.05) is 46.1 Å². The van der Waals surface area contributed by atoms with Crippen LogP contribution in [0.25, 0.3) is 6.08 Å². The lowest BCUT2D eigenvalue weighted by molar-refractivity contribution is -0.116. The van der Waals surface area contributed by atoms with Gasteiger partial charge in [-0.05, 0) is 78.4 Å². The van der Waals surface area contributed by atoms with E-state index in [0.717, 1.165) is 5.56 Å². The number of aromatic hydroxyl groups is 1. The molecule has 0 spiro atoms. The summed E-state index contributed by atoms with van der Waals surface area (Å²) in [4.78, 5) is 52.6. The second-order valence-corrected chi connectivity index (χ2v) is 12.1. The molecule has 0 saturated carbocycles. The molecule has 1 unspecified atom stereocenters. The van der Waals surface area contributed by atoms with E-state index in [1.54, 1.807) is 78.9 Å². The number of phenols is 1. The Morgan fingerprint density at radius 2 is 1.38 bits per heavy atom. The number of methoxy groups -OCH3 is 1. The third kappa shape index (κ3) is 9.61. The molecule has 10 nitrogen and oxygen atoms in total. The number of carbonyl (C=O) groups is 4. The molecular weight excluding hydrogens is 653 g/mol. The molecule has 0 fully saturated rings. The molecule has 0 radical (unpaired) electrons. The van der Waals surface area contributed by atoms with Gasteiger partial charge in [0.15, 0.2) is 0 Å². The molecule has 0 saturated heterocycles. The molecule has 5 N–H and O–H groups in total. The molecule has 1 atom stereocenters. The smallest absolute Gasteiger partial charge is 0.272 e. The number of hydrogen-bond acceptors (Lipinski definition) is 7. The third-order valence-electron chi connectivity index (χ3n) is 7.20. The van der Waals surface area contributed by atoms with Crippen molar-refractivity contribution in [3.8, 4) is 11.5 Å². The van der Waals surface area contributed by atoms with Crippen LogP contribution in [-0.4, -0.2) is 35.8 Å². The van der Waals surface area contributed by atoms with Crippen LogP contribution in [0.3, 0.4) is 0 Å². The molecular formula is C39H34N4O6S. The Morgan fingerprint density at radius 1 is 0.720 bits per heavy atom. The zero-order chi connectivity index (χ0) is 35.5. The minimum absolute atomic E-state index is 0.0185. The molecule has 0 bridgehead atoms. The van der Waals surface area contributed by atoms with Gasteiger partial charge in [0.25, 0.3) is 11.8 Å². The van der Waals surface area contributed by atoms with E-state index >= 15 is 0 Å². The second kappa shape index (κ2) is 16.7. The minimum Gasteiger partial charge on any atom is -0.508 e. The maximum absolute atomic E-state index is 13.7. The van der Waals surface area contributed by atoms with Gasteiger partial charge in [-0.2, -0.15) is 0 Å². The molecule has 11 heteroatoms. The number of ether oxygens (including phenoxy) is 1. The number of phenolic OH excluding ortho intramolecular Hbond substituents is 1. The highest BCUT2D eigenvalue weighted by Gasteiger charge is 2.23. The Balaban J connectivity index is 1.38. The van der Waals surface area contributed by atoms with Gasteiger partial charge in [0.2, 0.25) is 11.8 Å². The molecule has 0 aliphatic carbocycles. The predicted octanol–water partition coefficient (Wildman–Crippen LogP) is 7.24. The molecule has 0 aliphatic heterocycles. The van der Waals surface area contributed by atoms with Crippen molar-refractivity contribution in [3.05, 3.63) is 150 Å². The maximum atomic E-state index is 13.7. The highest BCUT2D eigenvalue weighted by molar-refractivity contribution is 8.00. The largest absolute Gasteiger partial charge is 0.508 e. The van der Waals surface area contributed by atoms with Crippen LogP contribution >= 0.6 is 11.8 Å². The Hall–Kier alpha value is -6.33. The lowest BCUT2D eigenvalue weighted by Gasteiger charge is -2.18. The van der Waals surface area contributed by atoms with Gasteiger partial charge in [-0.15, -0.1) is 11.8 Å². The van der Waals surface area contributed by atoms with Crippen molar-refractivity contribution in [3.63, 3.8) is 0 Å². The monoisotopic (exact) mass is 686 g/mol. The van der Waals surface area contributed by atoms with Gasteiger partial charge >= 0.3 is 0 Å². The summed E-state index contributed by atoms with van der Waals surface area (Å²) < 4.78 is 5.38. The van der Waals surface area contributed by atoms with Crippen molar-refractivity contribution in [1.29, 1.82) is 0 Å². The van der Waals surface area contributed by atoms with Crippen molar-refractivity contribution in [2.45, 2.75) is 17.1 Å². The average Bonchev–Trinajstić information content (AvgIpc) is 3.12. The van der Waals surface area contributed by atoms with Gasteiger partial charge in [-0.3, -0.25) is 19.2 Å². The van der Waals surface area contributed by atoms with Gasteiger partial charge in [-0.25, -0.2) is 0 Å². The Labute approximate surface area is 293 Å². The Bertz CT molecular complexity index is 2020. The average molecular weight is 687 g/mol. The SMILES string of the molecule is COc1cc(O)ccc1/C=C(/NC(=O)c1ccccc1)C(=O)Nc1cccc(SC(C(=O)Nc2ccc(NC(C)=O)cc2)c2ccccc2)c1. The molecule has 0 heterocycles. The summed E-state index contributed by atoms with van der Waals surface area (Å²) in [6.07, 6.45) is 1.46. The fourth-order valence-corrected chi connectivity index (χ4v) is 5.93. The van der Waals surface area contributed by atoms with Gasteiger partial charge < -0.3 is 31.1 Å². The summed E-state index contributed by atoms with van der Waals surface area (Å²) in [6, 6.07) is 36.1. The van der Waals surface area contributed by atoms with Gasteiger partial charge in [0.1, 0.15) is 22.4 Å². The van der Waals surface area contributed by atoms with Crippen molar-refractivity contribution in [1.82, 2.24) is 5.32 Å². The number of nitrogens with one attached hydrogen (secondary N) is 4. The molecule has 252 valence electrons. The van der Waals surface area contributed by atoms with Crippen LogP contribution in [-0.2, 0) is 14.4 Å². The topological polar surface area (TPSA) is 146 Å². The fraction of sp³-hybridized carbons (Fsp3) is 0.0769. The zero-order valence-corrected chi connectivity index (χ0v) is 28.0. The first-order chi connectivity index (χ1) is 24.2. The summed E-state index contributed by atoms with van der Waals surface area (Å²) in [5, 5.41) is 20.5. The van der Waals surface area contributed by atoms with Gasteiger partial charge in [-0.1, -0.05) is 54.6 Å². The summed E-state index contributed by atoms with van der Waals surface area (Å²) in [6.45, 7) is 1.42. The van der Waals surface area contributed by atoms with E-state index in [1.807, 2.05) is 36.4 Å². The van der Waals surface area contributed by atoms with E-state index in [-0.39, 0.29) is 23.3 Å². The van der Waals surface area contributed by atoms with Gasteiger partial charge in [0.05, 0.1) is 7.11 Å². The molecule has 0 aromatic heterocycles. The molecule has 0 aliphatic rings. The standard InChI is InChI=1S/C39H34N4O6S/c1-25(44)40-29-17-19-30(20-18-29)41-39(48)36(26-10-5-3-6-11-26)50-33-15-9-14-31(23-33)42-38(47)34(43-37(46)27-12-7-4-8-13-27)22-28-16-21-32(45)24-35(28)49-2/h3-24,36,45H,1-2H3,(H,40,44)(H,41,48)(H,42,47)(H,43,46)/b34-22+. The van der Waals surface area contributed by atoms with E-state index in [9.17, 15) is 24.3 Å². The molecule has 5 aromatic rings. The van der Waals surface area contributed by atoms with Crippen molar-refractivity contribution < 1.29 is 29.0 Å². The van der Waals surface area contributed by atoms with Crippen LogP contribution < -0.4 is 26.0 Å². The first-order valence-electron chi connectivity index (χ1n) is 15.4. The number of hydrogen-bond donors (Lipinski definition) is 5. The van der Waals surface area contributed by atoms with E-state index in [1.165, 1.54) is 44.0 Å². The van der Waals surface area contributed by atoms with Crippen LogP contribution in [0.5, 0.6) is 11.5 Å². The van der Waals surface area contributed by atoms with Crippen LogP contribution in [0, 0.1) is 0 Å². The number of anilines is 3. The van der Waals surface area contributed by atoms with Crippen LogP contribution in [0.1, 0.15) is 33.7 Å². The molecule has 5 rings (SSSR count). The van der Waals surface area contributed by atoms with E-state index in [2.05, 4.69) is 21.3 Å². The highest BCUT2D eigenvalue weighted by atomic mass is 32.2. The summed E-state index contributed by atoms with van der Waals surface area (Å²) >= 11 is 1.30.